The fraction of sp³-hybridized carbons (Fsp3) is 0.438. The minimum Gasteiger partial charge on any atom is -0.480 e. The minimum absolute atomic E-state index is 0.000470. The molecule has 0 saturated carbocycles. The lowest BCUT2D eigenvalue weighted by atomic mass is 10.1. The van der Waals surface area contributed by atoms with Crippen LogP contribution in [0.5, 0.6) is 0 Å². The van der Waals surface area contributed by atoms with Crippen molar-refractivity contribution in [2.45, 2.75) is 18.9 Å². The predicted octanol–water partition coefficient (Wildman–Crippen LogP) is 0.0478. The van der Waals surface area contributed by atoms with Gasteiger partial charge in [-0.2, -0.15) is 0 Å². The summed E-state index contributed by atoms with van der Waals surface area (Å²) in [6.07, 6.45) is 0.911. The molecule has 0 aromatic heterocycles. The molecule has 1 heterocycles. The molecule has 8 nitrogen and oxygen atoms in total. The molecule has 8 heteroatoms. The Morgan fingerprint density at radius 2 is 2.08 bits per heavy atom. The first-order chi connectivity index (χ1) is 11.5. The normalized spacial score (nSPS) is 18.1. The van der Waals surface area contributed by atoms with Gasteiger partial charge in [0.2, 0.25) is 5.91 Å². The summed E-state index contributed by atoms with van der Waals surface area (Å²) < 4.78 is 0. The van der Waals surface area contributed by atoms with E-state index >= 15 is 0 Å². The average Bonchev–Trinajstić information content (AvgIpc) is 2.54. The van der Waals surface area contributed by atoms with Gasteiger partial charge in [-0.25, -0.2) is 0 Å². The van der Waals surface area contributed by atoms with Crippen molar-refractivity contribution in [1.29, 1.82) is 5.41 Å². The fourth-order valence-corrected chi connectivity index (χ4v) is 2.72. The number of anilines is 1. The van der Waals surface area contributed by atoms with E-state index in [4.69, 9.17) is 16.2 Å². The molecule has 0 aliphatic carbocycles. The van der Waals surface area contributed by atoms with E-state index in [0.29, 0.717) is 37.2 Å². The molecule has 1 saturated heterocycles. The van der Waals surface area contributed by atoms with Crippen molar-refractivity contribution in [1.82, 2.24) is 10.2 Å². The van der Waals surface area contributed by atoms with Crippen LogP contribution in [0.4, 0.5) is 5.69 Å². The standard InChI is InChI=1S/C16H23N5O3/c17-16(18)11-1-3-12(4-2-11)20-14(22)6-5-13-9-19-7-8-21(13)10-15(23)24/h1-4,13,19H,5-10H2,(H3,17,18)(H,20,22)(H,23,24). The quantitative estimate of drug-likeness (QED) is 0.354. The summed E-state index contributed by atoms with van der Waals surface area (Å²) in [6.45, 7) is 2.12. The molecule has 130 valence electrons. The van der Waals surface area contributed by atoms with Crippen LogP contribution < -0.4 is 16.4 Å². The molecule has 2 rings (SSSR count). The molecule has 1 aromatic carbocycles. The number of amidine groups is 1. The van der Waals surface area contributed by atoms with Gasteiger partial charge in [-0.1, -0.05) is 0 Å². The van der Waals surface area contributed by atoms with Crippen molar-refractivity contribution in [3.63, 3.8) is 0 Å². The average molecular weight is 333 g/mol. The molecule has 0 bridgehead atoms. The lowest BCUT2D eigenvalue weighted by molar-refractivity contribution is -0.139. The Morgan fingerprint density at radius 1 is 1.38 bits per heavy atom. The molecule has 1 aliphatic heterocycles. The van der Waals surface area contributed by atoms with Gasteiger partial charge in [0.25, 0.3) is 0 Å². The van der Waals surface area contributed by atoms with Crippen LogP contribution in [0.3, 0.4) is 0 Å². The third-order valence-electron chi connectivity index (χ3n) is 3.99. The van der Waals surface area contributed by atoms with Crippen LogP contribution >= 0.6 is 0 Å². The zero-order valence-corrected chi connectivity index (χ0v) is 13.4. The van der Waals surface area contributed by atoms with Crippen LogP contribution in [-0.2, 0) is 9.59 Å². The number of nitrogens with zero attached hydrogens (tertiary/aromatic N) is 1. The summed E-state index contributed by atoms with van der Waals surface area (Å²) in [5.74, 6) is -0.987. The Hall–Kier alpha value is -2.45. The molecule has 6 N–H and O–H groups in total. The molecular weight excluding hydrogens is 310 g/mol. The second-order valence-corrected chi connectivity index (χ2v) is 5.80. The van der Waals surface area contributed by atoms with E-state index < -0.39 is 5.97 Å². The maximum atomic E-state index is 12.1. The van der Waals surface area contributed by atoms with E-state index in [1.54, 1.807) is 24.3 Å². The number of nitrogens with one attached hydrogen (secondary N) is 3. The number of carboxylic acid groups (broad SMARTS) is 1. The van der Waals surface area contributed by atoms with Crippen molar-refractivity contribution in [3.05, 3.63) is 29.8 Å². The van der Waals surface area contributed by atoms with E-state index in [0.717, 1.165) is 6.54 Å². The fourth-order valence-electron chi connectivity index (χ4n) is 2.72. The van der Waals surface area contributed by atoms with Crippen LogP contribution in [-0.4, -0.2) is 59.9 Å². The number of hydrogen-bond acceptors (Lipinski definition) is 5. The first kappa shape index (κ1) is 17.9. The van der Waals surface area contributed by atoms with Gasteiger partial charge in [0.05, 0.1) is 6.54 Å². The first-order valence-electron chi connectivity index (χ1n) is 7.86. The number of aliphatic carboxylic acids is 1. The van der Waals surface area contributed by atoms with Gasteiger partial charge < -0.3 is 21.5 Å². The van der Waals surface area contributed by atoms with Crippen molar-refractivity contribution >= 4 is 23.4 Å². The number of carbonyl (C=O) groups excluding carboxylic acids is 1. The number of nitrogens with two attached hydrogens (primary N) is 1. The number of carboxylic acids is 1. The Bertz CT molecular complexity index is 602. The van der Waals surface area contributed by atoms with E-state index in [1.807, 2.05) is 4.90 Å². The van der Waals surface area contributed by atoms with Crippen LogP contribution in [0.2, 0.25) is 0 Å². The van der Waals surface area contributed by atoms with Crippen molar-refractivity contribution in [3.8, 4) is 0 Å². The third kappa shape index (κ3) is 5.32. The highest BCUT2D eigenvalue weighted by molar-refractivity contribution is 5.96. The van der Waals surface area contributed by atoms with Crippen LogP contribution in [0.25, 0.3) is 0 Å². The number of piperazine rings is 1. The number of carbonyl (C=O) groups is 2. The molecule has 1 aliphatic rings. The molecule has 0 spiro atoms. The maximum Gasteiger partial charge on any atom is 0.317 e. The number of hydrogen-bond donors (Lipinski definition) is 5. The van der Waals surface area contributed by atoms with Gasteiger partial charge in [-0.05, 0) is 30.7 Å². The SMILES string of the molecule is N=C(N)c1ccc(NC(=O)CCC2CNCCN2CC(=O)O)cc1. The summed E-state index contributed by atoms with van der Waals surface area (Å²) in [5, 5.41) is 22.3. The third-order valence-corrected chi connectivity index (χ3v) is 3.99. The second kappa shape index (κ2) is 8.42. The number of rotatable bonds is 7. The summed E-state index contributed by atoms with van der Waals surface area (Å²) in [6, 6.07) is 6.80. The van der Waals surface area contributed by atoms with Crippen LogP contribution in [0, 0.1) is 5.41 Å². The van der Waals surface area contributed by atoms with Crippen molar-refractivity contribution in [2.24, 2.45) is 5.73 Å². The molecule has 24 heavy (non-hydrogen) atoms. The Kier molecular flexibility index (Phi) is 6.28. The molecule has 1 amide bonds. The smallest absolute Gasteiger partial charge is 0.317 e. The Labute approximate surface area is 140 Å². The number of amides is 1. The minimum atomic E-state index is -0.850. The van der Waals surface area contributed by atoms with E-state index in [-0.39, 0.29) is 24.3 Å². The van der Waals surface area contributed by atoms with E-state index in [9.17, 15) is 9.59 Å². The summed E-state index contributed by atoms with van der Waals surface area (Å²) in [7, 11) is 0. The Balaban J connectivity index is 1.83. The van der Waals surface area contributed by atoms with Gasteiger partial charge in [-0.3, -0.25) is 19.9 Å². The number of benzene rings is 1. The highest BCUT2D eigenvalue weighted by atomic mass is 16.4. The molecular formula is C16H23N5O3. The van der Waals surface area contributed by atoms with Crippen LogP contribution in [0.1, 0.15) is 18.4 Å². The highest BCUT2D eigenvalue weighted by Crippen LogP contribution is 2.13. The van der Waals surface area contributed by atoms with Gasteiger partial charge in [0.15, 0.2) is 0 Å². The second-order valence-electron chi connectivity index (χ2n) is 5.80. The highest BCUT2D eigenvalue weighted by Gasteiger charge is 2.24. The summed E-state index contributed by atoms with van der Waals surface area (Å²) >= 11 is 0. The predicted molar refractivity (Wildman–Crippen MR) is 91.2 cm³/mol. The molecule has 1 atom stereocenters. The molecule has 1 unspecified atom stereocenters. The summed E-state index contributed by atoms with van der Waals surface area (Å²) in [5.41, 5.74) is 6.64. The first-order valence-corrected chi connectivity index (χ1v) is 7.86. The molecule has 1 aromatic rings. The lowest BCUT2D eigenvalue weighted by Crippen LogP contribution is -2.52. The zero-order valence-electron chi connectivity index (χ0n) is 13.4. The van der Waals surface area contributed by atoms with E-state index in [1.165, 1.54) is 0 Å². The van der Waals surface area contributed by atoms with Crippen molar-refractivity contribution in [2.75, 3.05) is 31.5 Å². The maximum absolute atomic E-state index is 12.1. The lowest BCUT2D eigenvalue weighted by Gasteiger charge is -2.35. The number of nitrogen functional groups attached to an aromatic ring is 1. The molecule has 0 radical (unpaired) electrons. The Morgan fingerprint density at radius 3 is 2.71 bits per heavy atom. The van der Waals surface area contributed by atoms with Crippen molar-refractivity contribution < 1.29 is 14.7 Å². The topological polar surface area (TPSA) is 132 Å². The van der Waals surface area contributed by atoms with Gasteiger partial charge in [0.1, 0.15) is 5.84 Å². The van der Waals surface area contributed by atoms with Gasteiger partial charge in [0, 0.05) is 43.3 Å². The van der Waals surface area contributed by atoms with E-state index in [2.05, 4.69) is 10.6 Å². The van der Waals surface area contributed by atoms with Gasteiger partial charge >= 0.3 is 5.97 Å². The van der Waals surface area contributed by atoms with Gasteiger partial charge in [-0.15, -0.1) is 0 Å². The largest absolute Gasteiger partial charge is 0.480 e. The zero-order chi connectivity index (χ0) is 17.5. The van der Waals surface area contributed by atoms with Crippen LogP contribution in [0.15, 0.2) is 24.3 Å². The molecule has 1 fully saturated rings. The monoisotopic (exact) mass is 333 g/mol. The summed E-state index contributed by atoms with van der Waals surface area (Å²) in [4.78, 5) is 24.9.